The number of fused-ring (bicyclic) bond motifs is 3. The van der Waals surface area contributed by atoms with Crippen LogP contribution in [0, 0.1) is 6.92 Å². The molecule has 0 bridgehead atoms. The number of imidazole rings is 2. The molecule has 0 spiro atoms. The van der Waals surface area contributed by atoms with Gasteiger partial charge < -0.3 is 4.57 Å². The van der Waals surface area contributed by atoms with Crippen LogP contribution >= 0.6 is 0 Å². The number of rotatable bonds is 8. The molecule has 4 rings (SSSR count). The van der Waals surface area contributed by atoms with Crippen LogP contribution < -0.4 is 11.2 Å². The van der Waals surface area contributed by atoms with Crippen molar-refractivity contribution in [1.29, 1.82) is 0 Å². The second kappa shape index (κ2) is 8.37. The quantitative estimate of drug-likeness (QED) is 0.323. The van der Waals surface area contributed by atoms with E-state index in [9.17, 15) is 14.4 Å². The maximum atomic E-state index is 13.3. The smallest absolute Gasteiger partial charge is 0.314 e. The number of nitrogens with zero attached hydrogens (tertiary/aromatic N) is 5. The average Bonchev–Trinajstić information content (AvgIpc) is 3.28. The Hall–Kier alpha value is -3.42. The maximum absolute atomic E-state index is 13.3. The zero-order chi connectivity index (χ0) is 22.1. The summed E-state index contributed by atoms with van der Waals surface area (Å²) < 4.78 is 6.17. The van der Waals surface area contributed by atoms with E-state index in [1.807, 2.05) is 19.2 Å². The molecular weight excluding hydrogens is 394 g/mol. The highest BCUT2D eigenvalue weighted by atomic mass is 16.2. The molecular formula is C23H27N5O3. The monoisotopic (exact) mass is 421 g/mol. The minimum absolute atomic E-state index is 0.287. The zero-order valence-corrected chi connectivity index (χ0v) is 18.2. The van der Waals surface area contributed by atoms with Crippen LogP contribution in [0.3, 0.4) is 0 Å². The van der Waals surface area contributed by atoms with Gasteiger partial charge in [-0.1, -0.05) is 56.5 Å². The van der Waals surface area contributed by atoms with Gasteiger partial charge in [0.25, 0.3) is 5.56 Å². The molecule has 0 fully saturated rings. The van der Waals surface area contributed by atoms with Crippen molar-refractivity contribution in [1.82, 2.24) is 23.1 Å². The topological polar surface area (TPSA) is 83.3 Å². The molecule has 8 heteroatoms. The lowest BCUT2D eigenvalue weighted by Gasteiger charge is -2.07. The van der Waals surface area contributed by atoms with Gasteiger partial charge in [0.15, 0.2) is 16.9 Å². The van der Waals surface area contributed by atoms with E-state index in [-0.39, 0.29) is 12.3 Å². The molecule has 0 radical (unpaired) electrons. The standard InChI is InChI=1S/C23H27N5O3/c1-4-5-6-10-13-26-16(2)14-27-19-20(24-22(26)27)25(3)23(31)28(21(19)30)15-18(29)17-11-8-7-9-12-17/h7-9,11-12,14H,4-6,10,13,15H2,1-3H3. The summed E-state index contributed by atoms with van der Waals surface area (Å²) in [4.78, 5) is 43.5. The molecule has 0 saturated carbocycles. The molecule has 31 heavy (non-hydrogen) atoms. The maximum Gasteiger partial charge on any atom is 0.332 e. The van der Waals surface area contributed by atoms with Gasteiger partial charge in [-0.05, 0) is 13.3 Å². The van der Waals surface area contributed by atoms with E-state index in [0.717, 1.165) is 36.1 Å². The lowest BCUT2D eigenvalue weighted by Crippen LogP contribution is -2.41. The SMILES string of the molecule is CCCCCCn1c(C)cn2c3c(=O)n(CC(=O)c4ccccc4)c(=O)n(C)c3nc12. The minimum Gasteiger partial charge on any atom is -0.314 e. The summed E-state index contributed by atoms with van der Waals surface area (Å²) in [5.41, 5.74) is 1.06. The zero-order valence-electron chi connectivity index (χ0n) is 18.2. The van der Waals surface area contributed by atoms with E-state index >= 15 is 0 Å². The van der Waals surface area contributed by atoms with Crippen LogP contribution in [0.1, 0.15) is 48.7 Å². The Balaban J connectivity index is 1.81. The highest BCUT2D eigenvalue weighted by Gasteiger charge is 2.21. The lowest BCUT2D eigenvalue weighted by atomic mass is 10.1. The Kier molecular flexibility index (Phi) is 5.63. The van der Waals surface area contributed by atoms with Crippen LogP contribution in [-0.2, 0) is 20.1 Å². The van der Waals surface area contributed by atoms with Crippen molar-refractivity contribution >= 4 is 22.7 Å². The van der Waals surface area contributed by atoms with Gasteiger partial charge in [-0.2, -0.15) is 4.98 Å². The number of Topliss-reactive ketones (excluding diaryl/α,β-unsaturated/α-hetero) is 1. The first-order valence-corrected chi connectivity index (χ1v) is 10.7. The fourth-order valence-corrected chi connectivity index (χ4v) is 4.03. The first kappa shape index (κ1) is 20.8. The minimum atomic E-state index is -0.547. The Bertz CT molecular complexity index is 1370. The molecule has 4 aromatic rings. The number of aryl methyl sites for hydroxylation is 3. The fraction of sp³-hybridized carbons (Fsp3) is 0.391. The van der Waals surface area contributed by atoms with E-state index in [2.05, 4.69) is 16.5 Å². The van der Waals surface area contributed by atoms with Gasteiger partial charge >= 0.3 is 5.69 Å². The second-order valence-corrected chi connectivity index (χ2v) is 7.96. The van der Waals surface area contributed by atoms with Crippen molar-refractivity contribution in [3.63, 3.8) is 0 Å². The summed E-state index contributed by atoms with van der Waals surface area (Å²) in [6.07, 6.45) is 6.38. The van der Waals surface area contributed by atoms with Gasteiger partial charge in [0.2, 0.25) is 5.78 Å². The van der Waals surface area contributed by atoms with E-state index < -0.39 is 11.2 Å². The van der Waals surface area contributed by atoms with Crippen LogP contribution in [0.25, 0.3) is 16.9 Å². The first-order chi connectivity index (χ1) is 14.9. The largest absolute Gasteiger partial charge is 0.332 e. The molecule has 1 aromatic carbocycles. The van der Waals surface area contributed by atoms with E-state index in [1.165, 1.54) is 11.0 Å². The van der Waals surface area contributed by atoms with Crippen molar-refractivity contribution in [3.8, 4) is 0 Å². The predicted molar refractivity (Wildman–Crippen MR) is 120 cm³/mol. The summed E-state index contributed by atoms with van der Waals surface area (Å²) in [5.74, 6) is 0.354. The van der Waals surface area contributed by atoms with Crippen molar-refractivity contribution in [3.05, 3.63) is 68.6 Å². The van der Waals surface area contributed by atoms with Gasteiger partial charge in [-0.25, -0.2) is 4.79 Å². The molecule has 0 saturated heterocycles. The highest BCUT2D eigenvalue weighted by molar-refractivity contribution is 5.95. The van der Waals surface area contributed by atoms with Crippen molar-refractivity contribution in [2.75, 3.05) is 0 Å². The molecule has 8 nitrogen and oxygen atoms in total. The van der Waals surface area contributed by atoms with Crippen LogP contribution in [0.2, 0.25) is 0 Å². The van der Waals surface area contributed by atoms with Crippen LogP contribution in [0.15, 0.2) is 46.1 Å². The summed E-state index contributed by atoms with van der Waals surface area (Å²) in [6.45, 7) is 4.66. The number of unbranched alkanes of at least 4 members (excludes halogenated alkanes) is 3. The summed E-state index contributed by atoms with van der Waals surface area (Å²) >= 11 is 0. The molecule has 0 aliphatic rings. The fourth-order valence-electron chi connectivity index (χ4n) is 4.03. The van der Waals surface area contributed by atoms with Crippen molar-refractivity contribution < 1.29 is 4.79 Å². The number of aromatic nitrogens is 5. The van der Waals surface area contributed by atoms with Gasteiger partial charge in [0.1, 0.15) is 0 Å². The molecule has 0 atom stereocenters. The first-order valence-electron chi connectivity index (χ1n) is 10.7. The Morgan fingerprint density at radius 3 is 2.48 bits per heavy atom. The van der Waals surface area contributed by atoms with Crippen LogP contribution in [-0.4, -0.2) is 28.9 Å². The number of benzene rings is 1. The van der Waals surface area contributed by atoms with Gasteiger partial charge in [0.05, 0.1) is 6.54 Å². The van der Waals surface area contributed by atoms with E-state index in [0.29, 0.717) is 22.5 Å². The normalized spacial score (nSPS) is 11.6. The van der Waals surface area contributed by atoms with Gasteiger partial charge in [0, 0.05) is 31.0 Å². The van der Waals surface area contributed by atoms with E-state index in [1.54, 1.807) is 35.7 Å². The number of carbonyl (C=O) groups is 1. The summed E-state index contributed by atoms with van der Waals surface area (Å²) in [5, 5.41) is 0. The Labute approximate surface area is 179 Å². The molecule has 3 aromatic heterocycles. The summed E-state index contributed by atoms with van der Waals surface area (Å²) in [7, 11) is 1.58. The molecule has 162 valence electrons. The molecule has 3 heterocycles. The second-order valence-electron chi connectivity index (χ2n) is 7.96. The van der Waals surface area contributed by atoms with E-state index in [4.69, 9.17) is 0 Å². The molecule has 0 amide bonds. The predicted octanol–water partition coefficient (Wildman–Crippen LogP) is 2.92. The Morgan fingerprint density at radius 1 is 1.03 bits per heavy atom. The number of hydrogen-bond donors (Lipinski definition) is 0. The van der Waals surface area contributed by atoms with Crippen LogP contribution in [0.5, 0.6) is 0 Å². The lowest BCUT2D eigenvalue weighted by molar-refractivity contribution is 0.0969. The van der Waals surface area contributed by atoms with Crippen molar-refractivity contribution in [2.45, 2.75) is 52.6 Å². The van der Waals surface area contributed by atoms with Crippen molar-refractivity contribution in [2.24, 2.45) is 7.05 Å². The number of hydrogen-bond acceptors (Lipinski definition) is 4. The van der Waals surface area contributed by atoms with Crippen LogP contribution in [0.4, 0.5) is 0 Å². The third-order valence-corrected chi connectivity index (χ3v) is 5.77. The third kappa shape index (κ3) is 3.62. The molecule has 0 aliphatic carbocycles. The molecule has 0 aliphatic heterocycles. The average molecular weight is 422 g/mol. The molecule has 0 N–H and O–H groups in total. The van der Waals surface area contributed by atoms with Gasteiger partial charge in [-0.15, -0.1) is 0 Å². The highest BCUT2D eigenvalue weighted by Crippen LogP contribution is 2.17. The van der Waals surface area contributed by atoms with Gasteiger partial charge in [-0.3, -0.25) is 23.1 Å². The third-order valence-electron chi connectivity index (χ3n) is 5.77. The molecule has 0 unspecified atom stereocenters. The Morgan fingerprint density at radius 2 is 1.77 bits per heavy atom. The summed E-state index contributed by atoms with van der Waals surface area (Å²) in [6, 6.07) is 8.67. The number of ketones is 1. The number of carbonyl (C=O) groups excluding carboxylic acids is 1.